The molecule has 0 bridgehead atoms. The van der Waals surface area contributed by atoms with Gasteiger partial charge < -0.3 is 24.4 Å². The number of nitrogens with zero attached hydrogens (tertiary/aromatic N) is 3. The maximum atomic E-state index is 13.6. The molecule has 2 N–H and O–H groups in total. The van der Waals surface area contributed by atoms with Crippen molar-refractivity contribution in [2.24, 2.45) is 11.8 Å². The molecule has 242 valence electrons. The number of aliphatic carboxylic acids is 1. The van der Waals surface area contributed by atoms with Crippen LogP contribution in [-0.2, 0) is 23.9 Å². The highest BCUT2D eigenvalue weighted by Crippen LogP contribution is 2.25. The van der Waals surface area contributed by atoms with Crippen molar-refractivity contribution >= 4 is 35.8 Å². The van der Waals surface area contributed by atoms with Crippen molar-refractivity contribution in [3.63, 3.8) is 0 Å². The second-order valence-corrected chi connectivity index (χ2v) is 12.2. The summed E-state index contributed by atoms with van der Waals surface area (Å²) < 4.78 is 10.1. The summed E-state index contributed by atoms with van der Waals surface area (Å²) in [6.45, 7) is 7.17. The zero-order valence-electron chi connectivity index (χ0n) is 26.0. The Hall–Kier alpha value is -4.00. The quantitative estimate of drug-likeness (QED) is 0.227. The molecule has 0 radical (unpaired) electrons. The first-order valence-electron chi connectivity index (χ1n) is 15.1. The van der Waals surface area contributed by atoms with Gasteiger partial charge in [0.2, 0.25) is 11.8 Å². The normalized spacial score (nSPS) is 17.5. The largest absolute Gasteiger partial charge is 0.481 e. The minimum Gasteiger partial charge on any atom is -0.481 e. The Labute approximate surface area is 257 Å². The molecule has 13 heteroatoms. The Morgan fingerprint density at radius 1 is 0.932 bits per heavy atom. The molecule has 2 heterocycles. The standard InChI is InChI=1S/C31H44N4O9/c1-31(2,3)44-30(42)33-18-14-21(15-19-33)7-12-25(36)34-17-5-6-24(20-34)28(40)35(32-16-13-26(37)38)27(39)22-8-10-23(11-9-22)29(41)43-4/h8-11,21,24,32H,5-7,12-20H2,1-4H3,(H,37,38)/t24-/m1/s1. The van der Waals surface area contributed by atoms with Gasteiger partial charge in [0, 0.05) is 44.7 Å². The summed E-state index contributed by atoms with van der Waals surface area (Å²) in [4.78, 5) is 78.6. The minimum absolute atomic E-state index is 0.0628. The summed E-state index contributed by atoms with van der Waals surface area (Å²) in [5, 5.41) is 9.88. The lowest BCUT2D eigenvalue weighted by molar-refractivity contribution is -0.142. The van der Waals surface area contributed by atoms with E-state index in [0.29, 0.717) is 51.2 Å². The number of carboxylic acid groups (broad SMARTS) is 1. The molecule has 2 fully saturated rings. The number of hydrogen-bond donors (Lipinski definition) is 2. The topological polar surface area (TPSA) is 163 Å². The van der Waals surface area contributed by atoms with Crippen molar-refractivity contribution in [3.8, 4) is 0 Å². The molecule has 1 aromatic rings. The van der Waals surface area contributed by atoms with Crippen LogP contribution >= 0.6 is 0 Å². The lowest BCUT2D eigenvalue weighted by Gasteiger charge is -2.35. The first kappa shape index (κ1) is 34.5. The van der Waals surface area contributed by atoms with Crippen LogP contribution in [0.5, 0.6) is 0 Å². The number of carboxylic acids is 1. The smallest absolute Gasteiger partial charge is 0.410 e. The van der Waals surface area contributed by atoms with Gasteiger partial charge in [-0.2, -0.15) is 0 Å². The van der Waals surface area contributed by atoms with Crippen LogP contribution in [0.25, 0.3) is 0 Å². The average Bonchev–Trinajstić information content (AvgIpc) is 3.00. The molecule has 0 aromatic heterocycles. The van der Waals surface area contributed by atoms with E-state index in [4.69, 9.17) is 9.84 Å². The molecule has 44 heavy (non-hydrogen) atoms. The number of piperidine rings is 2. The molecule has 13 nitrogen and oxygen atoms in total. The molecule has 0 unspecified atom stereocenters. The predicted octanol–water partition coefficient (Wildman–Crippen LogP) is 3.09. The number of hydrogen-bond acceptors (Lipinski definition) is 9. The number of rotatable bonds is 10. The molecule has 2 aliphatic heterocycles. The monoisotopic (exact) mass is 616 g/mol. The van der Waals surface area contributed by atoms with Crippen molar-refractivity contribution in [2.45, 2.75) is 71.3 Å². The summed E-state index contributed by atoms with van der Waals surface area (Å²) >= 11 is 0. The maximum absolute atomic E-state index is 13.6. The van der Waals surface area contributed by atoms with Gasteiger partial charge in [0.25, 0.3) is 5.91 Å². The number of benzene rings is 1. The minimum atomic E-state index is -1.09. The fraction of sp³-hybridized carbons (Fsp3) is 0.613. The lowest BCUT2D eigenvalue weighted by atomic mass is 9.91. The average molecular weight is 617 g/mol. The van der Waals surface area contributed by atoms with Gasteiger partial charge in [-0.25, -0.2) is 20.0 Å². The van der Waals surface area contributed by atoms with Crippen LogP contribution in [0.4, 0.5) is 4.79 Å². The highest BCUT2D eigenvalue weighted by atomic mass is 16.6. The second kappa shape index (κ2) is 15.6. The van der Waals surface area contributed by atoms with Gasteiger partial charge in [0.05, 0.1) is 25.0 Å². The molecule has 1 aromatic carbocycles. The number of amides is 4. The van der Waals surface area contributed by atoms with Gasteiger partial charge in [-0.3, -0.25) is 19.2 Å². The lowest BCUT2D eigenvalue weighted by Crippen LogP contribution is -2.53. The molecule has 3 rings (SSSR count). The number of nitrogens with one attached hydrogen (secondary N) is 1. The van der Waals surface area contributed by atoms with Crippen LogP contribution in [0.15, 0.2) is 24.3 Å². The maximum Gasteiger partial charge on any atom is 0.410 e. The Bertz CT molecular complexity index is 1200. The zero-order valence-corrected chi connectivity index (χ0v) is 26.0. The molecule has 1 atom stereocenters. The van der Waals surface area contributed by atoms with E-state index in [1.54, 1.807) is 9.80 Å². The third-order valence-corrected chi connectivity index (χ3v) is 7.74. The summed E-state index contributed by atoms with van der Waals surface area (Å²) in [6.07, 6.45) is 2.99. The molecular weight excluding hydrogens is 572 g/mol. The summed E-state index contributed by atoms with van der Waals surface area (Å²) in [6, 6.07) is 5.59. The SMILES string of the molecule is COC(=O)c1ccc(C(=O)N(NCCC(=O)O)C(=O)[C@@H]2CCCN(C(=O)CCC3CCN(C(=O)OC(C)(C)C)CC3)C2)cc1. The van der Waals surface area contributed by atoms with Crippen molar-refractivity contribution in [1.29, 1.82) is 0 Å². The van der Waals surface area contributed by atoms with E-state index in [1.807, 2.05) is 20.8 Å². The van der Waals surface area contributed by atoms with Gasteiger partial charge in [0.15, 0.2) is 0 Å². The predicted molar refractivity (Wildman–Crippen MR) is 158 cm³/mol. The van der Waals surface area contributed by atoms with Gasteiger partial charge in [0.1, 0.15) is 5.60 Å². The molecule has 4 amide bonds. The molecule has 0 aliphatic carbocycles. The first-order valence-corrected chi connectivity index (χ1v) is 15.1. The van der Waals surface area contributed by atoms with Crippen molar-refractivity contribution in [3.05, 3.63) is 35.4 Å². The Morgan fingerprint density at radius 2 is 1.57 bits per heavy atom. The van der Waals surface area contributed by atoms with Crippen molar-refractivity contribution in [2.75, 3.05) is 39.8 Å². The Kier molecular flexibility index (Phi) is 12.3. The fourth-order valence-corrected chi connectivity index (χ4v) is 5.32. The van der Waals surface area contributed by atoms with Crippen LogP contribution in [0.1, 0.15) is 86.4 Å². The Balaban J connectivity index is 1.58. The van der Waals surface area contributed by atoms with E-state index in [2.05, 4.69) is 10.2 Å². The summed E-state index contributed by atoms with van der Waals surface area (Å²) in [7, 11) is 1.24. The van der Waals surface area contributed by atoms with Gasteiger partial charge >= 0.3 is 18.0 Å². The van der Waals surface area contributed by atoms with Crippen LogP contribution in [0.3, 0.4) is 0 Å². The number of hydrazine groups is 1. The summed E-state index contributed by atoms with van der Waals surface area (Å²) in [5.74, 6) is -3.33. The third-order valence-electron chi connectivity index (χ3n) is 7.74. The number of ether oxygens (including phenoxy) is 2. The highest BCUT2D eigenvalue weighted by Gasteiger charge is 2.35. The number of carbonyl (C=O) groups is 6. The van der Waals surface area contributed by atoms with E-state index < -0.39 is 35.3 Å². The van der Waals surface area contributed by atoms with Crippen LogP contribution in [0.2, 0.25) is 0 Å². The number of likely N-dealkylation sites (tertiary alicyclic amines) is 2. The van der Waals surface area contributed by atoms with E-state index in [9.17, 15) is 28.8 Å². The first-order chi connectivity index (χ1) is 20.8. The third kappa shape index (κ3) is 10.0. The zero-order chi connectivity index (χ0) is 32.4. The molecule has 2 saturated heterocycles. The molecule has 2 aliphatic rings. The number of methoxy groups -OCH3 is 1. The van der Waals surface area contributed by atoms with Crippen LogP contribution < -0.4 is 5.43 Å². The van der Waals surface area contributed by atoms with E-state index in [0.717, 1.165) is 17.9 Å². The second-order valence-electron chi connectivity index (χ2n) is 12.2. The molecule has 0 spiro atoms. The number of carbonyl (C=O) groups excluding carboxylic acids is 5. The Morgan fingerprint density at radius 3 is 2.16 bits per heavy atom. The fourth-order valence-electron chi connectivity index (χ4n) is 5.32. The van der Waals surface area contributed by atoms with Gasteiger partial charge in [-0.05, 0) is 83.1 Å². The summed E-state index contributed by atoms with van der Waals surface area (Å²) in [5.41, 5.74) is 2.45. The van der Waals surface area contributed by atoms with Gasteiger partial charge in [-0.15, -0.1) is 0 Å². The van der Waals surface area contributed by atoms with E-state index >= 15 is 0 Å². The van der Waals surface area contributed by atoms with Gasteiger partial charge in [-0.1, -0.05) is 0 Å². The van der Waals surface area contributed by atoms with Crippen LogP contribution in [0, 0.1) is 11.8 Å². The highest BCUT2D eigenvalue weighted by molar-refractivity contribution is 6.05. The van der Waals surface area contributed by atoms with Crippen LogP contribution in [-0.4, -0.2) is 101 Å². The molecule has 0 saturated carbocycles. The molecular formula is C31H44N4O9. The van der Waals surface area contributed by atoms with Crippen molar-refractivity contribution in [1.82, 2.24) is 20.2 Å². The number of esters is 1. The number of imide groups is 1. The van der Waals surface area contributed by atoms with E-state index in [1.165, 1.54) is 31.4 Å². The van der Waals surface area contributed by atoms with E-state index in [-0.39, 0.29) is 42.6 Å². The van der Waals surface area contributed by atoms with Crippen molar-refractivity contribution < 1.29 is 43.3 Å².